The average Bonchev–Trinajstić information content (AvgIpc) is 3.42. The molecule has 0 amide bonds. The summed E-state index contributed by atoms with van der Waals surface area (Å²) in [6.45, 7) is 4.19. The van der Waals surface area contributed by atoms with Gasteiger partial charge in [0.25, 0.3) is 0 Å². The van der Waals surface area contributed by atoms with Crippen LogP contribution in [-0.2, 0) is 11.8 Å². The predicted octanol–water partition coefficient (Wildman–Crippen LogP) is 5.09. The molecule has 146 valence electrons. The van der Waals surface area contributed by atoms with Crippen LogP contribution in [0, 0.1) is 11.7 Å². The number of ether oxygens (including phenoxy) is 1. The first-order valence-electron chi connectivity index (χ1n) is 9.31. The van der Waals surface area contributed by atoms with Gasteiger partial charge in [0.15, 0.2) is 0 Å². The molecular formula is C22H28ClFN2O. The first kappa shape index (κ1) is 20.0. The Morgan fingerprint density at radius 3 is 2.48 bits per heavy atom. The fourth-order valence-corrected chi connectivity index (χ4v) is 4.45. The third-order valence-electron chi connectivity index (χ3n) is 5.65. The monoisotopic (exact) mass is 390 g/mol. The summed E-state index contributed by atoms with van der Waals surface area (Å²) in [5.74, 6) is 0.851. The minimum absolute atomic E-state index is 0.269. The lowest BCUT2D eigenvalue weighted by Gasteiger charge is -2.39. The Hall–Kier alpha value is -1.78. The quantitative estimate of drug-likeness (QED) is 0.647. The second-order valence-corrected chi connectivity index (χ2v) is 8.85. The van der Waals surface area contributed by atoms with Crippen LogP contribution in [0.15, 0.2) is 36.4 Å². The lowest BCUT2D eigenvalue weighted by atomic mass is 9.70. The molecule has 0 heterocycles. The van der Waals surface area contributed by atoms with Crippen molar-refractivity contribution in [3.05, 3.63) is 58.4 Å². The highest BCUT2D eigenvalue weighted by molar-refractivity contribution is 6.31. The zero-order chi connectivity index (χ0) is 19.8. The Balaban J connectivity index is 1.92. The number of halogens is 2. The Morgan fingerprint density at radius 2 is 1.89 bits per heavy atom. The molecule has 5 heteroatoms. The Bertz CT molecular complexity index is 835. The highest BCUT2D eigenvalue weighted by atomic mass is 35.5. The third-order valence-corrected chi connectivity index (χ3v) is 6.00. The van der Waals surface area contributed by atoms with Crippen molar-refractivity contribution in [1.29, 1.82) is 0 Å². The van der Waals surface area contributed by atoms with Crippen molar-refractivity contribution >= 4 is 17.3 Å². The van der Waals surface area contributed by atoms with Crippen LogP contribution >= 0.6 is 11.6 Å². The van der Waals surface area contributed by atoms with Crippen LogP contribution < -0.4 is 16.2 Å². The number of rotatable bonds is 7. The van der Waals surface area contributed by atoms with Crippen LogP contribution in [0.5, 0.6) is 5.75 Å². The Labute approximate surface area is 165 Å². The van der Waals surface area contributed by atoms with Crippen molar-refractivity contribution in [3.63, 3.8) is 0 Å². The van der Waals surface area contributed by atoms with Gasteiger partial charge in [0.1, 0.15) is 11.6 Å². The van der Waals surface area contributed by atoms with E-state index in [1.165, 1.54) is 6.07 Å². The molecular weight excluding hydrogens is 363 g/mol. The Kier molecular flexibility index (Phi) is 5.42. The van der Waals surface area contributed by atoms with Gasteiger partial charge in [-0.2, -0.15) is 0 Å². The second kappa shape index (κ2) is 7.33. The number of benzene rings is 2. The molecule has 27 heavy (non-hydrogen) atoms. The van der Waals surface area contributed by atoms with Gasteiger partial charge in [-0.1, -0.05) is 31.5 Å². The molecule has 0 spiro atoms. The van der Waals surface area contributed by atoms with Gasteiger partial charge >= 0.3 is 0 Å². The summed E-state index contributed by atoms with van der Waals surface area (Å²) < 4.78 is 19.4. The van der Waals surface area contributed by atoms with E-state index in [1.54, 1.807) is 25.3 Å². The number of hydrogen-bond donors (Lipinski definition) is 2. The standard InChI is InChI=1S/C22H28ClFN2O/c1-21(2,18-10-16(24)7-9-20(18)27-3)13-22(26,15-5-6-15)12-14-4-8-17(25)11-19(14)23/h4,7-11,15H,5-6,12-13,25-26H2,1-3H3. The first-order valence-corrected chi connectivity index (χ1v) is 9.69. The van der Waals surface area contributed by atoms with E-state index in [-0.39, 0.29) is 11.2 Å². The molecule has 1 aliphatic rings. The minimum Gasteiger partial charge on any atom is -0.496 e. The molecule has 1 fully saturated rings. The number of nitrogen functional groups attached to an aromatic ring is 1. The minimum atomic E-state index is -0.430. The lowest BCUT2D eigenvalue weighted by Crippen LogP contribution is -2.49. The molecule has 0 radical (unpaired) electrons. The number of anilines is 1. The van der Waals surface area contributed by atoms with Gasteiger partial charge in [0, 0.05) is 21.8 Å². The van der Waals surface area contributed by atoms with Gasteiger partial charge in [0.05, 0.1) is 7.11 Å². The maximum Gasteiger partial charge on any atom is 0.123 e. The van der Waals surface area contributed by atoms with Crippen LogP contribution in [-0.4, -0.2) is 12.6 Å². The summed E-state index contributed by atoms with van der Waals surface area (Å²) in [4.78, 5) is 0. The van der Waals surface area contributed by atoms with Crippen LogP contribution in [0.2, 0.25) is 5.02 Å². The fraction of sp³-hybridized carbons (Fsp3) is 0.455. The summed E-state index contributed by atoms with van der Waals surface area (Å²) in [7, 11) is 1.61. The molecule has 0 aliphatic heterocycles. The summed E-state index contributed by atoms with van der Waals surface area (Å²) in [6, 6.07) is 10.2. The second-order valence-electron chi connectivity index (χ2n) is 8.44. The molecule has 2 aromatic carbocycles. The van der Waals surface area contributed by atoms with Gasteiger partial charge in [-0.3, -0.25) is 0 Å². The zero-order valence-corrected chi connectivity index (χ0v) is 16.9. The van der Waals surface area contributed by atoms with Crippen LogP contribution in [0.1, 0.15) is 44.2 Å². The van der Waals surface area contributed by atoms with Crippen molar-refractivity contribution in [2.45, 2.75) is 50.5 Å². The van der Waals surface area contributed by atoms with Crippen LogP contribution in [0.25, 0.3) is 0 Å². The molecule has 0 bridgehead atoms. The summed E-state index contributed by atoms with van der Waals surface area (Å²) in [6.07, 6.45) is 3.59. The van der Waals surface area contributed by atoms with Crippen molar-refractivity contribution < 1.29 is 9.13 Å². The number of nitrogens with two attached hydrogens (primary N) is 2. The van der Waals surface area contributed by atoms with E-state index in [4.69, 9.17) is 27.8 Å². The molecule has 1 saturated carbocycles. The van der Waals surface area contributed by atoms with Crippen molar-refractivity contribution in [2.75, 3.05) is 12.8 Å². The fourth-order valence-electron chi connectivity index (χ4n) is 4.20. The van der Waals surface area contributed by atoms with E-state index in [2.05, 4.69) is 13.8 Å². The highest BCUT2D eigenvalue weighted by Crippen LogP contribution is 2.48. The topological polar surface area (TPSA) is 61.3 Å². The smallest absolute Gasteiger partial charge is 0.123 e. The van der Waals surface area contributed by atoms with E-state index in [0.29, 0.717) is 35.2 Å². The number of methoxy groups -OCH3 is 1. The molecule has 0 saturated heterocycles. The average molecular weight is 391 g/mol. The van der Waals surface area contributed by atoms with E-state index in [0.717, 1.165) is 24.0 Å². The van der Waals surface area contributed by atoms with Gasteiger partial charge in [-0.25, -0.2) is 4.39 Å². The first-order chi connectivity index (χ1) is 12.6. The van der Waals surface area contributed by atoms with Gasteiger partial charge in [0.2, 0.25) is 0 Å². The molecule has 2 aromatic rings. The molecule has 1 atom stereocenters. The molecule has 4 N–H and O–H groups in total. The zero-order valence-electron chi connectivity index (χ0n) is 16.2. The Morgan fingerprint density at radius 1 is 1.19 bits per heavy atom. The summed E-state index contributed by atoms with van der Waals surface area (Å²) >= 11 is 6.41. The largest absolute Gasteiger partial charge is 0.496 e. The SMILES string of the molecule is COc1ccc(F)cc1C(C)(C)CC(N)(Cc1ccc(N)cc1Cl)C1CC1. The van der Waals surface area contributed by atoms with Gasteiger partial charge in [-0.05, 0) is 72.9 Å². The number of hydrogen-bond acceptors (Lipinski definition) is 3. The normalized spacial score (nSPS) is 16.8. The van der Waals surface area contributed by atoms with E-state index >= 15 is 0 Å². The molecule has 0 aromatic heterocycles. The van der Waals surface area contributed by atoms with E-state index in [9.17, 15) is 4.39 Å². The van der Waals surface area contributed by atoms with Crippen LogP contribution in [0.3, 0.4) is 0 Å². The van der Waals surface area contributed by atoms with Crippen molar-refractivity contribution in [2.24, 2.45) is 11.7 Å². The molecule has 3 rings (SSSR count). The predicted molar refractivity (Wildman–Crippen MR) is 110 cm³/mol. The van der Waals surface area contributed by atoms with Gasteiger partial charge in [-0.15, -0.1) is 0 Å². The maximum atomic E-state index is 13.9. The van der Waals surface area contributed by atoms with Crippen molar-refractivity contribution in [3.8, 4) is 5.75 Å². The van der Waals surface area contributed by atoms with Gasteiger partial charge < -0.3 is 16.2 Å². The van der Waals surface area contributed by atoms with Crippen molar-refractivity contribution in [1.82, 2.24) is 0 Å². The molecule has 3 nitrogen and oxygen atoms in total. The third kappa shape index (κ3) is 4.39. The summed E-state index contributed by atoms with van der Waals surface area (Å²) in [5.41, 5.74) is 14.5. The van der Waals surface area contributed by atoms with Crippen LogP contribution in [0.4, 0.5) is 10.1 Å². The van der Waals surface area contributed by atoms with E-state index < -0.39 is 5.54 Å². The van der Waals surface area contributed by atoms with E-state index in [1.807, 2.05) is 12.1 Å². The maximum absolute atomic E-state index is 13.9. The highest BCUT2D eigenvalue weighted by Gasteiger charge is 2.46. The lowest BCUT2D eigenvalue weighted by molar-refractivity contribution is 0.263. The molecule has 1 aliphatic carbocycles. The summed E-state index contributed by atoms with van der Waals surface area (Å²) in [5, 5.41) is 0.645. The molecule has 1 unspecified atom stereocenters.